The molecule has 1 aromatic heterocycles. The number of amides is 1. The molecule has 0 saturated heterocycles. The molecule has 4 rings (SSSR count). The number of Topliss-reactive ketones (excluding diaryl/α,β-unsaturated/α-hetero) is 1. The molecule has 6 nitrogen and oxygen atoms in total. The van der Waals surface area contributed by atoms with Crippen LogP contribution in [0.4, 0.5) is 13.2 Å². The third-order valence-electron chi connectivity index (χ3n) is 6.56. The van der Waals surface area contributed by atoms with E-state index in [4.69, 9.17) is 4.74 Å². The number of alkyl halides is 3. The van der Waals surface area contributed by atoms with Gasteiger partial charge in [0.1, 0.15) is 5.75 Å². The van der Waals surface area contributed by atoms with Crippen molar-refractivity contribution < 1.29 is 27.5 Å². The molecule has 0 bridgehead atoms. The van der Waals surface area contributed by atoms with E-state index in [1.807, 2.05) is 24.3 Å². The van der Waals surface area contributed by atoms with E-state index in [0.29, 0.717) is 37.1 Å². The number of nitrogens with zero attached hydrogens (tertiary/aromatic N) is 2. The quantitative estimate of drug-likeness (QED) is 0.431. The van der Waals surface area contributed by atoms with E-state index >= 15 is 0 Å². The molecular weight excluding hydrogens is 471 g/mol. The lowest BCUT2D eigenvalue weighted by molar-refractivity contribution is -0.138. The summed E-state index contributed by atoms with van der Waals surface area (Å²) < 4.78 is 45.2. The monoisotopic (exact) mass is 497 g/mol. The zero-order valence-electron chi connectivity index (χ0n) is 19.7. The lowest BCUT2D eigenvalue weighted by Gasteiger charge is -2.27. The summed E-state index contributed by atoms with van der Waals surface area (Å²) in [5, 5.41) is 11.1. The van der Waals surface area contributed by atoms with Gasteiger partial charge in [0.05, 0.1) is 18.4 Å². The largest absolute Gasteiger partial charge is 0.496 e. The van der Waals surface area contributed by atoms with Crippen molar-refractivity contribution in [3.63, 3.8) is 0 Å². The number of hydrogen-bond acceptors (Lipinski definition) is 5. The molecular formula is C27H26F3N3O3. The molecule has 1 fully saturated rings. The van der Waals surface area contributed by atoms with Gasteiger partial charge in [-0.1, -0.05) is 36.4 Å². The molecule has 2 aromatic carbocycles. The van der Waals surface area contributed by atoms with Crippen molar-refractivity contribution >= 4 is 11.7 Å². The van der Waals surface area contributed by atoms with Gasteiger partial charge in [0, 0.05) is 29.5 Å². The van der Waals surface area contributed by atoms with Crippen molar-refractivity contribution in [2.75, 3.05) is 7.11 Å². The third-order valence-corrected chi connectivity index (χ3v) is 6.56. The maximum absolute atomic E-state index is 13.3. The number of aromatic nitrogens is 2. The Morgan fingerprint density at radius 2 is 1.64 bits per heavy atom. The van der Waals surface area contributed by atoms with Crippen LogP contribution >= 0.6 is 0 Å². The second-order valence-electron chi connectivity index (χ2n) is 8.79. The van der Waals surface area contributed by atoms with E-state index in [9.17, 15) is 22.8 Å². The van der Waals surface area contributed by atoms with Crippen molar-refractivity contribution in [2.24, 2.45) is 5.92 Å². The standard InChI is InChI=1S/C27H26F3N3O3/c1-36-24-9-5-2-6-19(24)16-31-26(35)23-15-14-22(32-33-23)17-10-12-18(13-11-17)25(34)20-7-3-4-8-21(20)27(28,29)30/h2-9,14-15,17-18H,10-13,16H2,1H3,(H,31,35). The number of rotatable bonds is 7. The molecule has 1 aliphatic rings. The number of methoxy groups -OCH3 is 1. The molecule has 188 valence electrons. The average molecular weight is 498 g/mol. The molecule has 1 N–H and O–H groups in total. The first-order valence-corrected chi connectivity index (χ1v) is 11.7. The number of halogens is 3. The van der Waals surface area contributed by atoms with Crippen molar-refractivity contribution in [3.8, 4) is 5.75 Å². The summed E-state index contributed by atoms with van der Waals surface area (Å²) in [6.45, 7) is 0.280. The van der Waals surface area contributed by atoms with Gasteiger partial charge in [-0.3, -0.25) is 9.59 Å². The lowest BCUT2D eigenvalue weighted by Crippen LogP contribution is -2.25. The summed E-state index contributed by atoms with van der Waals surface area (Å²) >= 11 is 0. The minimum atomic E-state index is -4.57. The molecule has 1 amide bonds. The van der Waals surface area contributed by atoms with Gasteiger partial charge >= 0.3 is 6.18 Å². The molecule has 1 aliphatic carbocycles. The minimum Gasteiger partial charge on any atom is -0.496 e. The molecule has 0 atom stereocenters. The number of para-hydroxylation sites is 1. The molecule has 9 heteroatoms. The number of ketones is 1. The number of carbonyl (C=O) groups excluding carboxylic acids is 2. The summed E-state index contributed by atoms with van der Waals surface area (Å²) in [6, 6.07) is 15.7. The van der Waals surface area contributed by atoms with Crippen LogP contribution in [0.15, 0.2) is 60.7 Å². The number of benzene rings is 2. The number of nitrogens with one attached hydrogen (secondary N) is 1. The van der Waals surface area contributed by atoms with Gasteiger partial charge in [0.15, 0.2) is 11.5 Å². The maximum atomic E-state index is 13.3. The van der Waals surface area contributed by atoms with Crippen LogP contribution in [-0.2, 0) is 12.7 Å². The zero-order chi connectivity index (χ0) is 25.7. The highest BCUT2D eigenvalue weighted by Gasteiger charge is 2.37. The van der Waals surface area contributed by atoms with Gasteiger partial charge in [-0.25, -0.2) is 0 Å². The van der Waals surface area contributed by atoms with E-state index in [0.717, 1.165) is 11.6 Å². The maximum Gasteiger partial charge on any atom is 0.417 e. The summed E-state index contributed by atoms with van der Waals surface area (Å²) in [5.41, 5.74) is 0.570. The molecule has 0 aliphatic heterocycles. The third kappa shape index (κ3) is 5.72. The predicted octanol–water partition coefficient (Wildman–Crippen LogP) is 5.59. The Labute approximate surface area is 206 Å². The van der Waals surface area contributed by atoms with E-state index < -0.39 is 23.4 Å². The fraction of sp³-hybridized carbons (Fsp3) is 0.333. The van der Waals surface area contributed by atoms with Crippen molar-refractivity contribution in [3.05, 3.63) is 88.7 Å². The van der Waals surface area contributed by atoms with Crippen LogP contribution in [0.25, 0.3) is 0 Å². The second-order valence-corrected chi connectivity index (χ2v) is 8.79. The predicted molar refractivity (Wildman–Crippen MR) is 127 cm³/mol. The van der Waals surface area contributed by atoms with Crippen LogP contribution in [0.5, 0.6) is 5.75 Å². The van der Waals surface area contributed by atoms with Crippen LogP contribution in [0, 0.1) is 5.92 Å². The number of carbonyl (C=O) groups is 2. The van der Waals surface area contributed by atoms with E-state index in [-0.39, 0.29) is 29.6 Å². The normalized spacial score (nSPS) is 17.9. The molecule has 0 unspecified atom stereocenters. The zero-order valence-corrected chi connectivity index (χ0v) is 19.7. The molecule has 0 radical (unpaired) electrons. The van der Waals surface area contributed by atoms with Crippen LogP contribution < -0.4 is 10.1 Å². The van der Waals surface area contributed by atoms with Crippen LogP contribution in [0.3, 0.4) is 0 Å². The lowest BCUT2D eigenvalue weighted by atomic mass is 9.77. The van der Waals surface area contributed by atoms with Gasteiger partial charge in [0.2, 0.25) is 0 Å². The first-order valence-electron chi connectivity index (χ1n) is 11.7. The summed E-state index contributed by atoms with van der Waals surface area (Å²) in [7, 11) is 1.57. The number of ether oxygens (including phenoxy) is 1. The SMILES string of the molecule is COc1ccccc1CNC(=O)c1ccc(C2CCC(C(=O)c3ccccc3C(F)(F)F)CC2)nn1. The Hall–Kier alpha value is -3.75. The molecule has 3 aromatic rings. The molecule has 0 spiro atoms. The highest BCUT2D eigenvalue weighted by molar-refractivity contribution is 5.99. The summed E-state index contributed by atoms with van der Waals surface area (Å²) in [5.74, 6) is -0.579. The van der Waals surface area contributed by atoms with Gasteiger partial charge in [-0.2, -0.15) is 18.3 Å². The molecule has 1 saturated carbocycles. The highest BCUT2D eigenvalue weighted by atomic mass is 19.4. The fourth-order valence-electron chi connectivity index (χ4n) is 4.61. The van der Waals surface area contributed by atoms with Crippen LogP contribution in [-0.4, -0.2) is 29.0 Å². The van der Waals surface area contributed by atoms with Crippen molar-refractivity contribution in [2.45, 2.75) is 44.3 Å². The minimum absolute atomic E-state index is 0.0325. The smallest absolute Gasteiger partial charge is 0.417 e. The molecule has 1 heterocycles. The fourth-order valence-corrected chi connectivity index (χ4v) is 4.61. The summed E-state index contributed by atoms with van der Waals surface area (Å²) in [6.07, 6.45) is -2.41. The van der Waals surface area contributed by atoms with Crippen LogP contribution in [0.1, 0.15) is 69.3 Å². The van der Waals surface area contributed by atoms with Gasteiger partial charge in [0.25, 0.3) is 5.91 Å². The molecule has 36 heavy (non-hydrogen) atoms. The highest BCUT2D eigenvalue weighted by Crippen LogP contribution is 2.38. The topological polar surface area (TPSA) is 81.2 Å². The first-order chi connectivity index (χ1) is 17.3. The number of hydrogen-bond donors (Lipinski definition) is 1. The Kier molecular flexibility index (Phi) is 7.67. The van der Waals surface area contributed by atoms with E-state index in [1.165, 1.54) is 18.2 Å². The van der Waals surface area contributed by atoms with Gasteiger partial charge in [-0.05, 0) is 49.9 Å². The van der Waals surface area contributed by atoms with E-state index in [2.05, 4.69) is 15.5 Å². The Bertz CT molecular complexity index is 1220. The van der Waals surface area contributed by atoms with E-state index in [1.54, 1.807) is 19.2 Å². The average Bonchev–Trinajstić information content (AvgIpc) is 2.91. The van der Waals surface area contributed by atoms with Crippen LogP contribution in [0.2, 0.25) is 0 Å². The second kappa shape index (κ2) is 10.9. The Morgan fingerprint density at radius 1 is 0.944 bits per heavy atom. The first kappa shape index (κ1) is 25.3. The van der Waals surface area contributed by atoms with Crippen molar-refractivity contribution in [1.29, 1.82) is 0 Å². The summed E-state index contributed by atoms with van der Waals surface area (Å²) in [4.78, 5) is 25.3. The Morgan fingerprint density at radius 3 is 2.31 bits per heavy atom. The van der Waals surface area contributed by atoms with Gasteiger partial charge < -0.3 is 10.1 Å². The Balaban J connectivity index is 1.34. The van der Waals surface area contributed by atoms with Crippen molar-refractivity contribution in [1.82, 2.24) is 15.5 Å². The van der Waals surface area contributed by atoms with Gasteiger partial charge in [-0.15, -0.1) is 5.10 Å².